The van der Waals surface area contributed by atoms with Crippen molar-refractivity contribution in [1.29, 1.82) is 0 Å². The molecule has 3 heterocycles. The number of hydrogen-bond donors (Lipinski definition) is 2. The van der Waals surface area contributed by atoms with Gasteiger partial charge in [-0.25, -0.2) is 13.2 Å². The lowest BCUT2D eigenvalue weighted by molar-refractivity contribution is 0.0385. The van der Waals surface area contributed by atoms with Crippen molar-refractivity contribution in [3.05, 3.63) is 93.4 Å². The van der Waals surface area contributed by atoms with E-state index in [-0.39, 0.29) is 35.7 Å². The minimum atomic E-state index is -3.66. The molecule has 1 aliphatic heterocycles. The predicted octanol–water partition coefficient (Wildman–Crippen LogP) is 4.74. The van der Waals surface area contributed by atoms with Gasteiger partial charge in [-0.1, -0.05) is 12.1 Å². The van der Waals surface area contributed by atoms with E-state index in [1.54, 1.807) is 0 Å². The van der Waals surface area contributed by atoms with Gasteiger partial charge in [0.2, 0.25) is 0 Å². The van der Waals surface area contributed by atoms with Gasteiger partial charge < -0.3 is 20.1 Å². The summed E-state index contributed by atoms with van der Waals surface area (Å²) in [5.41, 5.74) is -3.65. The van der Waals surface area contributed by atoms with E-state index in [2.05, 4.69) is 20.5 Å². The monoisotopic (exact) mass is 587 g/mol. The molecule has 6 rings (SSSR count). The second kappa shape index (κ2) is 10.2. The standard InChI is InChI=1S/C30H30F5N5O2/c1-16(18-4-3-5-22(25(18)31)30(34,35)17-6-10-36-11-7-17)37-27(42)21-15-40(29(8-9-29)28(32)33)24(41)12-23(21)38-26-19-13-39(2)14-20(19)26/h3-7,10-12,15-16,19-20,26,28,38H,8-9,13-14H2,1-2H3,(H,37,42)/t16?,19-,20+,26?. The molecule has 4 atom stereocenters. The van der Waals surface area contributed by atoms with Gasteiger partial charge in [0.05, 0.1) is 22.9 Å². The summed E-state index contributed by atoms with van der Waals surface area (Å²) in [6.45, 7) is 3.15. The maximum absolute atomic E-state index is 15.6. The highest BCUT2D eigenvalue weighted by molar-refractivity contribution is 5.99. The van der Waals surface area contributed by atoms with Crippen LogP contribution in [0.3, 0.4) is 0 Å². The average molecular weight is 588 g/mol. The summed E-state index contributed by atoms with van der Waals surface area (Å²) < 4.78 is 74.8. The predicted molar refractivity (Wildman–Crippen MR) is 145 cm³/mol. The lowest BCUT2D eigenvalue weighted by Crippen LogP contribution is -2.37. The van der Waals surface area contributed by atoms with Crippen LogP contribution in [0.5, 0.6) is 0 Å². The number of alkyl halides is 4. The van der Waals surface area contributed by atoms with Gasteiger partial charge in [-0.3, -0.25) is 14.6 Å². The number of benzene rings is 1. The maximum atomic E-state index is 15.6. The maximum Gasteiger partial charge on any atom is 0.301 e. The van der Waals surface area contributed by atoms with Crippen LogP contribution in [0, 0.1) is 17.7 Å². The zero-order valence-electron chi connectivity index (χ0n) is 23.0. The van der Waals surface area contributed by atoms with Crippen molar-refractivity contribution in [3.63, 3.8) is 0 Å². The number of hydrogen-bond acceptors (Lipinski definition) is 5. The highest BCUT2D eigenvalue weighted by atomic mass is 19.3. The molecule has 2 unspecified atom stereocenters. The zero-order chi connectivity index (χ0) is 30.0. The van der Waals surface area contributed by atoms with Crippen LogP contribution in [0.1, 0.15) is 52.9 Å². The van der Waals surface area contributed by atoms with Gasteiger partial charge in [0, 0.05) is 54.9 Å². The summed E-state index contributed by atoms with van der Waals surface area (Å²) in [5, 5.41) is 5.89. The molecule has 2 aliphatic carbocycles. The van der Waals surface area contributed by atoms with Crippen LogP contribution in [0.4, 0.5) is 27.6 Å². The van der Waals surface area contributed by atoms with Gasteiger partial charge in [0.25, 0.3) is 17.9 Å². The van der Waals surface area contributed by atoms with Crippen molar-refractivity contribution in [2.75, 3.05) is 25.5 Å². The van der Waals surface area contributed by atoms with Crippen LogP contribution in [0.25, 0.3) is 0 Å². The molecule has 1 saturated heterocycles. The lowest BCUT2D eigenvalue weighted by atomic mass is 9.96. The van der Waals surface area contributed by atoms with Crippen LogP contribution in [0.15, 0.2) is 59.8 Å². The fourth-order valence-electron chi connectivity index (χ4n) is 6.20. The van der Waals surface area contributed by atoms with E-state index < -0.39 is 52.3 Å². The molecule has 2 N–H and O–H groups in total. The zero-order valence-corrected chi connectivity index (χ0v) is 23.0. The first-order valence-electron chi connectivity index (χ1n) is 13.8. The van der Waals surface area contributed by atoms with E-state index in [0.717, 1.165) is 48.1 Å². The summed E-state index contributed by atoms with van der Waals surface area (Å²) in [7, 11) is 2.01. The van der Waals surface area contributed by atoms with E-state index in [1.165, 1.54) is 31.5 Å². The van der Waals surface area contributed by atoms with E-state index in [1.807, 2.05) is 7.05 Å². The van der Waals surface area contributed by atoms with Crippen molar-refractivity contribution < 1.29 is 26.7 Å². The third-order valence-corrected chi connectivity index (χ3v) is 8.87. The van der Waals surface area contributed by atoms with E-state index in [4.69, 9.17) is 0 Å². The number of pyridine rings is 2. The second-order valence-electron chi connectivity index (χ2n) is 11.6. The molecule has 3 aliphatic rings. The molecule has 7 nitrogen and oxygen atoms in total. The van der Waals surface area contributed by atoms with Crippen molar-refractivity contribution in [3.8, 4) is 0 Å². The molecule has 3 aromatic rings. The molecule has 0 radical (unpaired) electrons. The molecule has 0 bridgehead atoms. The number of aromatic nitrogens is 2. The van der Waals surface area contributed by atoms with Crippen LogP contribution in [-0.2, 0) is 11.5 Å². The number of carbonyl (C=O) groups excluding carboxylic acids is 1. The number of amides is 1. The van der Waals surface area contributed by atoms with Crippen LogP contribution >= 0.6 is 0 Å². The van der Waals surface area contributed by atoms with Crippen molar-refractivity contribution in [1.82, 2.24) is 19.8 Å². The minimum Gasteiger partial charge on any atom is -0.381 e. The summed E-state index contributed by atoms with van der Waals surface area (Å²) >= 11 is 0. The smallest absolute Gasteiger partial charge is 0.301 e. The number of fused-ring (bicyclic) bond motifs is 1. The number of nitrogens with zero attached hydrogens (tertiary/aromatic N) is 3. The molecule has 1 aromatic carbocycles. The Morgan fingerprint density at radius 1 is 1.12 bits per heavy atom. The topological polar surface area (TPSA) is 79.3 Å². The molecule has 0 spiro atoms. The van der Waals surface area contributed by atoms with Crippen molar-refractivity contribution in [2.24, 2.45) is 11.8 Å². The number of rotatable bonds is 9. The van der Waals surface area contributed by atoms with E-state index in [0.29, 0.717) is 11.8 Å². The Labute approximate surface area is 238 Å². The number of nitrogens with one attached hydrogen (secondary N) is 2. The molecule has 2 saturated carbocycles. The molecule has 222 valence electrons. The average Bonchev–Trinajstić information content (AvgIpc) is 3.84. The van der Waals surface area contributed by atoms with Gasteiger partial charge in [-0.15, -0.1) is 0 Å². The first-order chi connectivity index (χ1) is 19.9. The number of piperidine rings is 1. The first kappa shape index (κ1) is 28.3. The van der Waals surface area contributed by atoms with Gasteiger partial charge in [-0.2, -0.15) is 8.78 Å². The van der Waals surface area contributed by atoms with Gasteiger partial charge >= 0.3 is 5.92 Å². The Balaban J connectivity index is 1.30. The van der Waals surface area contributed by atoms with Gasteiger partial charge in [0.1, 0.15) is 11.4 Å². The molecular formula is C30H30F5N5O2. The fourth-order valence-corrected chi connectivity index (χ4v) is 6.20. The summed E-state index contributed by atoms with van der Waals surface area (Å²) in [4.78, 5) is 32.5. The van der Waals surface area contributed by atoms with Crippen LogP contribution in [0.2, 0.25) is 0 Å². The summed E-state index contributed by atoms with van der Waals surface area (Å²) in [5.74, 6) is -4.93. The quantitative estimate of drug-likeness (QED) is 0.354. The minimum absolute atomic E-state index is 0.0231. The third kappa shape index (κ3) is 4.75. The molecule has 1 amide bonds. The Bertz CT molecular complexity index is 1560. The van der Waals surface area contributed by atoms with E-state index >= 15 is 13.2 Å². The number of likely N-dealkylation sites (tertiary alicyclic amines) is 1. The second-order valence-corrected chi connectivity index (χ2v) is 11.6. The van der Waals surface area contributed by atoms with Crippen LogP contribution < -0.4 is 16.2 Å². The number of halogens is 5. The Morgan fingerprint density at radius 3 is 2.40 bits per heavy atom. The lowest BCUT2D eigenvalue weighted by Gasteiger charge is -2.23. The highest BCUT2D eigenvalue weighted by Crippen LogP contribution is 2.49. The largest absolute Gasteiger partial charge is 0.381 e. The highest BCUT2D eigenvalue weighted by Gasteiger charge is 2.56. The molecule has 3 fully saturated rings. The number of anilines is 1. The van der Waals surface area contributed by atoms with Crippen molar-refractivity contribution in [2.45, 2.75) is 49.7 Å². The Morgan fingerprint density at radius 2 is 1.79 bits per heavy atom. The molecule has 42 heavy (non-hydrogen) atoms. The summed E-state index contributed by atoms with van der Waals surface area (Å²) in [6.07, 6.45) is 0.897. The number of carbonyl (C=O) groups is 1. The fraction of sp³-hybridized carbons (Fsp3) is 0.433. The molecular weight excluding hydrogens is 557 g/mol. The van der Waals surface area contributed by atoms with Gasteiger partial charge in [-0.05, 0) is 56.8 Å². The SMILES string of the molecule is CC(NC(=O)c1cn(C2(C(F)F)CC2)c(=O)cc1NC1[C@H]2CN(C)C[C@@H]12)c1cccc(C(F)(F)c2ccncc2)c1F. The molecule has 2 aromatic heterocycles. The van der Waals surface area contributed by atoms with Gasteiger partial charge in [0.15, 0.2) is 0 Å². The third-order valence-electron chi connectivity index (χ3n) is 8.87. The molecule has 12 heteroatoms. The summed E-state index contributed by atoms with van der Waals surface area (Å²) in [6, 6.07) is 5.86. The van der Waals surface area contributed by atoms with Crippen molar-refractivity contribution >= 4 is 11.6 Å². The normalized spacial score (nSPS) is 23.4. The Kier molecular flexibility index (Phi) is 6.87. The van der Waals surface area contributed by atoms with E-state index in [9.17, 15) is 18.4 Å². The first-order valence-corrected chi connectivity index (χ1v) is 13.8. The Hall–Kier alpha value is -3.80. The van der Waals surface area contributed by atoms with Crippen LogP contribution in [-0.4, -0.2) is 53.0 Å².